The van der Waals surface area contributed by atoms with Crippen LogP contribution in [0.1, 0.15) is 39.0 Å². The predicted octanol–water partition coefficient (Wildman–Crippen LogP) is 5.09. The van der Waals surface area contributed by atoms with Crippen molar-refractivity contribution < 1.29 is 9.53 Å². The number of unbranched alkanes of at least 4 members (excludes halogenated alkanes) is 3. The Morgan fingerprint density at radius 3 is 2.20 bits per heavy atom. The third kappa shape index (κ3) is 5.89. The third-order valence-electron chi connectivity index (χ3n) is 4.94. The van der Waals surface area contributed by atoms with Crippen LogP contribution < -0.4 is 5.56 Å². The van der Waals surface area contributed by atoms with Crippen molar-refractivity contribution in [2.24, 2.45) is 0 Å². The van der Waals surface area contributed by atoms with Gasteiger partial charge in [-0.3, -0.25) is 9.59 Å². The lowest BCUT2D eigenvalue weighted by Crippen LogP contribution is -2.23. The van der Waals surface area contributed by atoms with Gasteiger partial charge in [0.1, 0.15) is 0 Å². The van der Waals surface area contributed by atoms with Crippen LogP contribution >= 0.6 is 0 Å². The van der Waals surface area contributed by atoms with E-state index < -0.39 is 0 Å². The Hall–Kier alpha value is -3.21. The fourth-order valence-corrected chi connectivity index (χ4v) is 3.42. The number of carbonyl (C=O) groups is 1. The van der Waals surface area contributed by atoms with E-state index in [1.54, 1.807) is 10.7 Å². The van der Waals surface area contributed by atoms with Crippen molar-refractivity contribution in [2.45, 2.75) is 45.6 Å². The van der Waals surface area contributed by atoms with Crippen molar-refractivity contribution in [3.05, 3.63) is 77.1 Å². The second kappa shape index (κ2) is 11.1. The average molecular weight is 405 g/mol. The van der Waals surface area contributed by atoms with Crippen LogP contribution in [0, 0.1) is 0 Å². The van der Waals surface area contributed by atoms with Crippen molar-refractivity contribution in [3.8, 4) is 22.4 Å². The van der Waals surface area contributed by atoms with Gasteiger partial charge in [0.2, 0.25) is 0 Å². The number of hydrogen-bond donors (Lipinski definition) is 0. The molecule has 5 nitrogen and oxygen atoms in total. The van der Waals surface area contributed by atoms with Crippen LogP contribution in [0.2, 0.25) is 0 Å². The van der Waals surface area contributed by atoms with Crippen LogP contribution in [0.15, 0.2) is 71.5 Å². The van der Waals surface area contributed by atoms with Gasteiger partial charge in [0.25, 0.3) is 5.56 Å². The van der Waals surface area contributed by atoms with Crippen molar-refractivity contribution in [2.75, 3.05) is 6.61 Å². The highest BCUT2D eigenvalue weighted by Crippen LogP contribution is 2.28. The smallest absolute Gasteiger partial charge is 0.305 e. The van der Waals surface area contributed by atoms with E-state index in [1.165, 1.54) is 0 Å². The number of nitrogens with zero attached hydrogens (tertiary/aromatic N) is 2. The molecule has 0 atom stereocenters. The largest absolute Gasteiger partial charge is 0.466 e. The maximum absolute atomic E-state index is 12.7. The number of benzene rings is 2. The van der Waals surface area contributed by atoms with Gasteiger partial charge in [-0.2, -0.15) is 5.10 Å². The summed E-state index contributed by atoms with van der Waals surface area (Å²) < 4.78 is 6.50. The molecule has 0 radical (unpaired) electrons. The molecule has 2 aromatic carbocycles. The SMILES string of the molecule is CCOC(=O)CCCCCCn1nc(-c2ccccc2)c(-c2ccccc2)cc1=O. The maximum atomic E-state index is 12.7. The molecule has 30 heavy (non-hydrogen) atoms. The summed E-state index contributed by atoms with van der Waals surface area (Å²) in [6, 6.07) is 21.5. The van der Waals surface area contributed by atoms with Crippen LogP contribution in [-0.4, -0.2) is 22.4 Å². The van der Waals surface area contributed by atoms with Gasteiger partial charge in [0.05, 0.1) is 12.3 Å². The summed E-state index contributed by atoms with van der Waals surface area (Å²) >= 11 is 0. The number of ether oxygens (including phenoxy) is 1. The van der Waals surface area contributed by atoms with E-state index in [0.717, 1.165) is 48.1 Å². The minimum absolute atomic E-state index is 0.0972. The Bertz CT molecular complexity index is 998. The number of aromatic nitrogens is 2. The van der Waals surface area contributed by atoms with Crippen LogP contribution in [0.25, 0.3) is 22.4 Å². The number of rotatable bonds is 10. The minimum Gasteiger partial charge on any atom is -0.466 e. The fourth-order valence-electron chi connectivity index (χ4n) is 3.42. The lowest BCUT2D eigenvalue weighted by atomic mass is 10.0. The van der Waals surface area contributed by atoms with Gasteiger partial charge in [0.15, 0.2) is 0 Å². The zero-order valence-corrected chi connectivity index (χ0v) is 17.4. The molecule has 0 aliphatic heterocycles. The predicted molar refractivity (Wildman–Crippen MR) is 119 cm³/mol. The zero-order chi connectivity index (χ0) is 21.2. The average Bonchev–Trinajstić information content (AvgIpc) is 2.78. The van der Waals surface area contributed by atoms with Gasteiger partial charge in [0, 0.05) is 30.2 Å². The molecule has 0 bridgehead atoms. The second-order valence-electron chi connectivity index (χ2n) is 7.17. The summed E-state index contributed by atoms with van der Waals surface area (Å²) in [7, 11) is 0. The topological polar surface area (TPSA) is 61.2 Å². The number of hydrogen-bond acceptors (Lipinski definition) is 4. The van der Waals surface area contributed by atoms with E-state index in [0.29, 0.717) is 19.6 Å². The number of esters is 1. The summed E-state index contributed by atoms with van der Waals surface area (Å²) in [4.78, 5) is 24.1. The molecule has 0 N–H and O–H groups in total. The Kier molecular flexibility index (Phi) is 7.95. The summed E-state index contributed by atoms with van der Waals surface area (Å²) in [5.74, 6) is -0.139. The van der Waals surface area contributed by atoms with Gasteiger partial charge in [-0.1, -0.05) is 73.5 Å². The molecule has 1 heterocycles. The first-order chi connectivity index (χ1) is 14.7. The summed E-state index contributed by atoms with van der Waals surface area (Å²) in [6.07, 6.45) is 3.98. The summed E-state index contributed by atoms with van der Waals surface area (Å²) in [6.45, 7) is 2.80. The molecule has 0 saturated carbocycles. The number of aryl methyl sites for hydroxylation is 1. The molecule has 0 amide bonds. The van der Waals surface area contributed by atoms with Crippen LogP contribution in [0.3, 0.4) is 0 Å². The monoisotopic (exact) mass is 404 g/mol. The van der Waals surface area contributed by atoms with Crippen molar-refractivity contribution in [1.29, 1.82) is 0 Å². The van der Waals surface area contributed by atoms with E-state index >= 15 is 0 Å². The van der Waals surface area contributed by atoms with Crippen LogP contribution in [0.4, 0.5) is 0 Å². The molecule has 5 heteroatoms. The first-order valence-corrected chi connectivity index (χ1v) is 10.6. The van der Waals surface area contributed by atoms with E-state index in [2.05, 4.69) is 0 Å². The molecular weight excluding hydrogens is 376 g/mol. The quantitative estimate of drug-likeness (QED) is 0.349. The molecule has 0 spiro atoms. The highest BCUT2D eigenvalue weighted by atomic mass is 16.5. The molecule has 0 saturated heterocycles. The van der Waals surface area contributed by atoms with Gasteiger partial charge >= 0.3 is 5.97 Å². The Morgan fingerprint density at radius 2 is 1.53 bits per heavy atom. The maximum Gasteiger partial charge on any atom is 0.305 e. The lowest BCUT2D eigenvalue weighted by molar-refractivity contribution is -0.143. The van der Waals surface area contributed by atoms with E-state index in [-0.39, 0.29) is 11.5 Å². The minimum atomic E-state index is -0.139. The summed E-state index contributed by atoms with van der Waals surface area (Å²) in [5, 5.41) is 4.72. The highest BCUT2D eigenvalue weighted by Gasteiger charge is 2.12. The molecule has 0 unspecified atom stereocenters. The molecule has 0 aliphatic carbocycles. The molecular formula is C25H28N2O3. The van der Waals surface area contributed by atoms with Crippen molar-refractivity contribution >= 4 is 5.97 Å². The first-order valence-electron chi connectivity index (χ1n) is 10.6. The van der Waals surface area contributed by atoms with E-state index in [4.69, 9.17) is 9.84 Å². The molecule has 3 aromatic rings. The summed E-state index contributed by atoms with van der Waals surface area (Å²) in [5.41, 5.74) is 3.52. The first kappa shape index (κ1) is 21.5. The Morgan fingerprint density at radius 1 is 0.900 bits per heavy atom. The van der Waals surface area contributed by atoms with Gasteiger partial charge in [-0.25, -0.2) is 4.68 Å². The van der Waals surface area contributed by atoms with E-state index in [9.17, 15) is 9.59 Å². The van der Waals surface area contributed by atoms with Gasteiger partial charge < -0.3 is 4.74 Å². The van der Waals surface area contributed by atoms with Gasteiger partial charge in [-0.15, -0.1) is 0 Å². The van der Waals surface area contributed by atoms with Gasteiger partial charge in [-0.05, 0) is 25.3 Å². The standard InChI is InChI=1S/C25H28N2O3/c1-2-30-24(29)17-11-3-4-12-18-27-23(28)19-22(20-13-7-5-8-14-20)25(26-27)21-15-9-6-10-16-21/h5-10,13-16,19H,2-4,11-12,17-18H2,1H3. The molecule has 3 rings (SSSR count). The van der Waals surface area contributed by atoms with Crippen molar-refractivity contribution in [1.82, 2.24) is 9.78 Å². The fraction of sp³-hybridized carbons (Fsp3) is 0.320. The van der Waals surface area contributed by atoms with Crippen LogP contribution in [-0.2, 0) is 16.1 Å². The Labute approximate surface area is 177 Å². The Balaban J connectivity index is 1.72. The van der Waals surface area contributed by atoms with Crippen molar-refractivity contribution in [3.63, 3.8) is 0 Å². The molecule has 1 aromatic heterocycles. The molecule has 0 fully saturated rings. The second-order valence-corrected chi connectivity index (χ2v) is 7.17. The highest BCUT2D eigenvalue weighted by molar-refractivity contribution is 5.80. The molecule has 0 aliphatic rings. The zero-order valence-electron chi connectivity index (χ0n) is 17.4. The van der Waals surface area contributed by atoms with Crippen LogP contribution in [0.5, 0.6) is 0 Å². The normalized spacial score (nSPS) is 10.7. The third-order valence-corrected chi connectivity index (χ3v) is 4.94. The number of carbonyl (C=O) groups excluding carboxylic acids is 1. The van der Waals surface area contributed by atoms with E-state index in [1.807, 2.05) is 67.6 Å². The molecule has 156 valence electrons. The lowest BCUT2D eigenvalue weighted by Gasteiger charge is -2.13.